The van der Waals surface area contributed by atoms with Crippen LogP contribution in [0, 0.1) is 5.82 Å². The molecule has 0 saturated carbocycles. The van der Waals surface area contributed by atoms with Crippen LogP contribution in [0.15, 0.2) is 46.9 Å². The number of ether oxygens (including phenoxy) is 1. The third-order valence-electron chi connectivity index (χ3n) is 2.81. The second-order valence-electron chi connectivity index (χ2n) is 4.35. The molecule has 2 nitrogen and oxygen atoms in total. The van der Waals surface area contributed by atoms with Crippen molar-refractivity contribution in [3.63, 3.8) is 0 Å². The zero-order valence-electron chi connectivity index (χ0n) is 10.6. The van der Waals surface area contributed by atoms with E-state index in [0.29, 0.717) is 11.1 Å². The molecule has 0 aliphatic heterocycles. The molecule has 0 spiro atoms. The molecular weight excluding hydrogens is 309 g/mol. The van der Waals surface area contributed by atoms with Gasteiger partial charge in [-0.3, -0.25) is 0 Å². The lowest BCUT2D eigenvalue weighted by atomic mass is 10.1. The molecule has 0 bridgehead atoms. The van der Waals surface area contributed by atoms with Crippen molar-refractivity contribution in [3.8, 4) is 5.75 Å². The van der Waals surface area contributed by atoms with Crippen molar-refractivity contribution in [3.05, 3.63) is 63.9 Å². The number of hydrogen-bond donors (Lipinski definition) is 1. The molecule has 0 saturated heterocycles. The van der Waals surface area contributed by atoms with E-state index in [4.69, 9.17) is 10.5 Å². The van der Waals surface area contributed by atoms with E-state index in [-0.39, 0.29) is 11.9 Å². The lowest BCUT2D eigenvalue weighted by Gasteiger charge is -2.14. The predicted octanol–water partition coefficient (Wildman–Crippen LogP) is 4.19. The van der Waals surface area contributed by atoms with Gasteiger partial charge in [-0.15, -0.1) is 0 Å². The fraction of sp³-hybridized carbons (Fsp3) is 0.200. The Bertz CT molecular complexity index is 572. The van der Waals surface area contributed by atoms with Gasteiger partial charge in [0.15, 0.2) is 0 Å². The van der Waals surface area contributed by atoms with Gasteiger partial charge in [0.25, 0.3) is 0 Å². The largest absolute Gasteiger partial charge is 0.489 e. The van der Waals surface area contributed by atoms with E-state index in [1.165, 1.54) is 12.1 Å². The molecule has 1 atom stereocenters. The summed E-state index contributed by atoms with van der Waals surface area (Å²) in [6.07, 6.45) is 0. The topological polar surface area (TPSA) is 35.2 Å². The zero-order chi connectivity index (χ0) is 13.8. The highest BCUT2D eigenvalue weighted by atomic mass is 79.9. The summed E-state index contributed by atoms with van der Waals surface area (Å²) < 4.78 is 19.5. The van der Waals surface area contributed by atoms with Crippen LogP contribution in [-0.2, 0) is 6.61 Å². The van der Waals surface area contributed by atoms with Crippen molar-refractivity contribution in [1.82, 2.24) is 0 Å². The summed E-state index contributed by atoms with van der Waals surface area (Å²) in [5.41, 5.74) is 7.74. The van der Waals surface area contributed by atoms with Crippen LogP contribution < -0.4 is 10.5 Å². The first kappa shape index (κ1) is 14.0. The Hall–Kier alpha value is -1.39. The van der Waals surface area contributed by atoms with Crippen LogP contribution in [0.3, 0.4) is 0 Å². The monoisotopic (exact) mass is 323 g/mol. The van der Waals surface area contributed by atoms with Crippen LogP contribution in [0.1, 0.15) is 24.1 Å². The number of para-hydroxylation sites is 1. The van der Waals surface area contributed by atoms with E-state index in [2.05, 4.69) is 15.9 Å². The Kier molecular flexibility index (Phi) is 4.56. The van der Waals surface area contributed by atoms with Gasteiger partial charge in [0, 0.05) is 21.6 Å². The summed E-state index contributed by atoms with van der Waals surface area (Å²) >= 11 is 3.32. The Balaban J connectivity index is 2.14. The van der Waals surface area contributed by atoms with E-state index in [0.717, 1.165) is 16.9 Å². The van der Waals surface area contributed by atoms with Crippen molar-refractivity contribution < 1.29 is 9.13 Å². The minimum absolute atomic E-state index is 0.0899. The Labute approximate surface area is 120 Å². The molecule has 0 aliphatic carbocycles. The van der Waals surface area contributed by atoms with Gasteiger partial charge in [0.2, 0.25) is 0 Å². The average molecular weight is 324 g/mol. The fourth-order valence-electron chi connectivity index (χ4n) is 1.78. The van der Waals surface area contributed by atoms with Crippen LogP contribution in [0.25, 0.3) is 0 Å². The summed E-state index contributed by atoms with van der Waals surface area (Å²) in [5.74, 6) is 0.486. The molecule has 19 heavy (non-hydrogen) atoms. The molecule has 0 heterocycles. The smallest absolute Gasteiger partial charge is 0.124 e. The first-order valence-corrected chi connectivity index (χ1v) is 6.78. The second-order valence-corrected chi connectivity index (χ2v) is 5.21. The third-order valence-corrected chi connectivity index (χ3v) is 3.55. The van der Waals surface area contributed by atoms with E-state index in [1.54, 1.807) is 6.07 Å². The van der Waals surface area contributed by atoms with Gasteiger partial charge in [-0.05, 0) is 25.1 Å². The number of benzene rings is 2. The van der Waals surface area contributed by atoms with Crippen LogP contribution in [0.2, 0.25) is 0 Å². The van der Waals surface area contributed by atoms with E-state index >= 15 is 0 Å². The van der Waals surface area contributed by atoms with Crippen molar-refractivity contribution in [2.75, 3.05) is 0 Å². The molecule has 100 valence electrons. The predicted molar refractivity (Wildman–Crippen MR) is 77.5 cm³/mol. The van der Waals surface area contributed by atoms with Gasteiger partial charge < -0.3 is 10.5 Å². The Morgan fingerprint density at radius 2 is 2.00 bits per heavy atom. The first-order chi connectivity index (χ1) is 9.08. The Morgan fingerprint density at radius 1 is 1.26 bits per heavy atom. The normalized spacial score (nSPS) is 12.2. The van der Waals surface area contributed by atoms with E-state index < -0.39 is 0 Å². The lowest BCUT2D eigenvalue weighted by molar-refractivity contribution is 0.300. The third kappa shape index (κ3) is 3.55. The standard InChI is InChI=1S/C15H15BrFNO/c1-10(18)13-4-2-3-5-15(13)19-9-11-6-7-12(17)8-14(11)16/h2-8,10H,9,18H2,1H3/t10-/m0/s1. The molecule has 0 radical (unpaired) electrons. The molecule has 2 N–H and O–H groups in total. The van der Waals surface area contributed by atoms with Gasteiger partial charge in [0.1, 0.15) is 18.2 Å². The van der Waals surface area contributed by atoms with Crippen molar-refractivity contribution in [2.24, 2.45) is 5.73 Å². The molecule has 0 fully saturated rings. The van der Waals surface area contributed by atoms with Crippen molar-refractivity contribution in [1.29, 1.82) is 0 Å². The molecule has 0 aliphatic rings. The SMILES string of the molecule is C[C@H](N)c1ccccc1OCc1ccc(F)cc1Br. The maximum atomic E-state index is 13.0. The van der Waals surface area contributed by atoms with Gasteiger partial charge >= 0.3 is 0 Å². The van der Waals surface area contributed by atoms with Crippen LogP contribution in [-0.4, -0.2) is 0 Å². The summed E-state index contributed by atoms with van der Waals surface area (Å²) in [6, 6.07) is 12.1. The highest BCUT2D eigenvalue weighted by Crippen LogP contribution is 2.25. The van der Waals surface area contributed by atoms with Crippen LogP contribution >= 0.6 is 15.9 Å². The van der Waals surface area contributed by atoms with Gasteiger partial charge in [0.05, 0.1) is 0 Å². The van der Waals surface area contributed by atoms with Gasteiger partial charge in [-0.1, -0.05) is 40.2 Å². The Morgan fingerprint density at radius 3 is 2.68 bits per heavy atom. The zero-order valence-corrected chi connectivity index (χ0v) is 12.2. The number of hydrogen-bond acceptors (Lipinski definition) is 2. The molecule has 2 aromatic carbocycles. The minimum Gasteiger partial charge on any atom is -0.489 e. The average Bonchev–Trinajstić information content (AvgIpc) is 2.38. The highest BCUT2D eigenvalue weighted by Gasteiger charge is 2.08. The molecule has 2 rings (SSSR count). The summed E-state index contributed by atoms with van der Waals surface area (Å²) in [7, 11) is 0. The maximum absolute atomic E-state index is 13.0. The van der Waals surface area contributed by atoms with E-state index in [9.17, 15) is 4.39 Å². The van der Waals surface area contributed by atoms with Crippen LogP contribution in [0.5, 0.6) is 5.75 Å². The molecule has 0 amide bonds. The fourth-order valence-corrected chi connectivity index (χ4v) is 2.25. The lowest BCUT2D eigenvalue weighted by Crippen LogP contribution is -2.08. The summed E-state index contributed by atoms with van der Waals surface area (Å²) in [4.78, 5) is 0. The number of nitrogens with two attached hydrogens (primary N) is 1. The molecule has 0 aromatic heterocycles. The highest BCUT2D eigenvalue weighted by molar-refractivity contribution is 9.10. The van der Waals surface area contributed by atoms with Crippen LogP contribution in [0.4, 0.5) is 4.39 Å². The second kappa shape index (κ2) is 6.17. The van der Waals surface area contributed by atoms with Crippen molar-refractivity contribution >= 4 is 15.9 Å². The number of halogens is 2. The van der Waals surface area contributed by atoms with E-state index in [1.807, 2.05) is 31.2 Å². The quantitative estimate of drug-likeness (QED) is 0.915. The summed E-state index contributed by atoms with van der Waals surface area (Å²) in [5, 5.41) is 0. The maximum Gasteiger partial charge on any atom is 0.124 e. The van der Waals surface area contributed by atoms with Crippen molar-refractivity contribution in [2.45, 2.75) is 19.6 Å². The number of rotatable bonds is 4. The summed E-state index contributed by atoms with van der Waals surface area (Å²) in [6.45, 7) is 2.28. The minimum atomic E-state index is -0.272. The molecular formula is C15H15BrFNO. The van der Waals surface area contributed by atoms with Gasteiger partial charge in [-0.2, -0.15) is 0 Å². The molecule has 2 aromatic rings. The van der Waals surface area contributed by atoms with Gasteiger partial charge in [-0.25, -0.2) is 4.39 Å². The molecule has 4 heteroatoms. The first-order valence-electron chi connectivity index (χ1n) is 5.99. The molecule has 0 unspecified atom stereocenters.